The van der Waals surface area contributed by atoms with Crippen molar-refractivity contribution in [3.8, 4) is 17.0 Å². The van der Waals surface area contributed by atoms with Crippen molar-refractivity contribution >= 4 is 0 Å². The third-order valence-electron chi connectivity index (χ3n) is 3.31. The average Bonchev–Trinajstić information content (AvgIpc) is 2.56. The second-order valence-corrected chi connectivity index (χ2v) is 4.80. The Morgan fingerprint density at radius 1 is 0.857 bits per heavy atom. The van der Waals surface area contributed by atoms with E-state index in [2.05, 4.69) is 16.3 Å². The lowest BCUT2D eigenvalue weighted by Crippen LogP contribution is -1.96. The molecule has 1 heterocycles. The minimum absolute atomic E-state index is 0.749. The number of nitrogens with zero attached hydrogens (tertiary/aromatic N) is 2. The van der Waals surface area contributed by atoms with Crippen LogP contribution in [0.1, 0.15) is 11.3 Å². The molecule has 3 heteroatoms. The summed E-state index contributed by atoms with van der Waals surface area (Å²) in [6.45, 7) is 0. The van der Waals surface area contributed by atoms with E-state index in [9.17, 15) is 0 Å². The summed E-state index contributed by atoms with van der Waals surface area (Å²) in [5.74, 6) is 0.862. The van der Waals surface area contributed by atoms with Crippen LogP contribution >= 0.6 is 0 Å². The highest BCUT2D eigenvalue weighted by atomic mass is 16.5. The second-order valence-electron chi connectivity index (χ2n) is 4.80. The molecule has 2 aromatic carbocycles. The second kappa shape index (κ2) is 6.18. The smallest absolute Gasteiger partial charge is 0.119 e. The first kappa shape index (κ1) is 13.3. The van der Waals surface area contributed by atoms with Gasteiger partial charge in [0.15, 0.2) is 0 Å². The van der Waals surface area contributed by atoms with Gasteiger partial charge in [-0.25, -0.2) is 0 Å². The third kappa shape index (κ3) is 3.26. The molecule has 0 spiro atoms. The molecule has 0 aliphatic heterocycles. The molecule has 0 radical (unpaired) electrons. The number of ether oxygens (including phenoxy) is 1. The fourth-order valence-corrected chi connectivity index (χ4v) is 2.21. The molecule has 0 unspecified atom stereocenters. The SMILES string of the molecule is COc1cccc(Cc2ccc(-c3ccccc3)nn2)c1. The number of benzene rings is 2. The zero-order valence-electron chi connectivity index (χ0n) is 11.9. The molecule has 3 rings (SSSR count). The molecule has 104 valence electrons. The first-order valence-corrected chi connectivity index (χ1v) is 6.86. The number of hydrogen-bond acceptors (Lipinski definition) is 3. The van der Waals surface area contributed by atoms with E-state index < -0.39 is 0 Å². The molecule has 0 fully saturated rings. The lowest BCUT2D eigenvalue weighted by atomic mass is 10.1. The van der Waals surface area contributed by atoms with Gasteiger partial charge in [0.25, 0.3) is 0 Å². The van der Waals surface area contributed by atoms with E-state index in [1.54, 1.807) is 7.11 Å². The summed E-state index contributed by atoms with van der Waals surface area (Å²) in [5.41, 5.74) is 4.09. The topological polar surface area (TPSA) is 35.0 Å². The summed E-state index contributed by atoms with van der Waals surface area (Å²) in [6, 6.07) is 22.1. The lowest BCUT2D eigenvalue weighted by Gasteiger charge is -2.05. The van der Waals surface area contributed by atoms with E-state index in [1.807, 2.05) is 60.7 Å². The highest BCUT2D eigenvalue weighted by Gasteiger charge is 2.03. The van der Waals surface area contributed by atoms with Crippen LogP contribution in [0.4, 0.5) is 0 Å². The predicted octanol–water partition coefficient (Wildman–Crippen LogP) is 3.74. The Morgan fingerprint density at radius 3 is 2.43 bits per heavy atom. The van der Waals surface area contributed by atoms with Crippen LogP contribution < -0.4 is 4.74 Å². The Hall–Kier alpha value is -2.68. The van der Waals surface area contributed by atoms with Crippen LogP contribution in [0.15, 0.2) is 66.7 Å². The molecule has 3 aromatic rings. The van der Waals surface area contributed by atoms with Crippen LogP contribution in [0.5, 0.6) is 5.75 Å². The van der Waals surface area contributed by atoms with Crippen molar-refractivity contribution in [2.45, 2.75) is 6.42 Å². The van der Waals surface area contributed by atoms with Crippen LogP contribution in [-0.4, -0.2) is 17.3 Å². The van der Waals surface area contributed by atoms with Crippen molar-refractivity contribution in [2.75, 3.05) is 7.11 Å². The van der Waals surface area contributed by atoms with E-state index in [0.717, 1.165) is 34.7 Å². The van der Waals surface area contributed by atoms with Gasteiger partial charge in [-0.3, -0.25) is 0 Å². The molecule has 0 bridgehead atoms. The minimum Gasteiger partial charge on any atom is -0.497 e. The van der Waals surface area contributed by atoms with Crippen molar-refractivity contribution in [3.05, 3.63) is 78.0 Å². The summed E-state index contributed by atoms with van der Waals surface area (Å²) in [4.78, 5) is 0. The van der Waals surface area contributed by atoms with Gasteiger partial charge < -0.3 is 4.74 Å². The maximum absolute atomic E-state index is 5.23. The summed E-state index contributed by atoms with van der Waals surface area (Å²) < 4.78 is 5.23. The predicted molar refractivity (Wildman–Crippen MR) is 83.3 cm³/mol. The molecule has 0 saturated heterocycles. The molecule has 0 saturated carbocycles. The van der Waals surface area contributed by atoms with E-state index in [0.29, 0.717) is 0 Å². The maximum Gasteiger partial charge on any atom is 0.119 e. The van der Waals surface area contributed by atoms with E-state index in [-0.39, 0.29) is 0 Å². The number of methoxy groups -OCH3 is 1. The molecule has 0 amide bonds. The minimum atomic E-state index is 0.749. The summed E-state index contributed by atoms with van der Waals surface area (Å²) in [5, 5.41) is 8.62. The molecule has 0 atom stereocenters. The van der Waals surface area contributed by atoms with Gasteiger partial charge in [0, 0.05) is 12.0 Å². The van der Waals surface area contributed by atoms with Crippen molar-refractivity contribution in [3.63, 3.8) is 0 Å². The molecule has 0 N–H and O–H groups in total. The van der Waals surface area contributed by atoms with Crippen molar-refractivity contribution < 1.29 is 4.74 Å². The van der Waals surface area contributed by atoms with E-state index in [4.69, 9.17) is 4.74 Å². The van der Waals surface area contributed by atoms with Gasteiger partial charge in [-0.1, -0.05) is 42.5 Å². The largest absolute Gasteiger partial charge is 0.497 e. The van der Waals surface area contributed by atoms with Crippen molar-refractivity contribution in [2.24, 2.45) is 0 Å². The average molecular weight is 276 g/mol. The van der Waals surface area contributed by atoms with Crippen LogP contribution in [0.2, 0.25) is 0 Å². The van der Waals surface area contributed by atoms with Gasteiger partial charge in [0.1, 0.15) is 5.75 Å². The third-order valence-corrected chi connectivity index (χ3v) is 3.31. The molecule has 1 aromatic heterocycles. The highest BCUT2D eigenvalue weighted by Crippen LogP contribution is 2.18. The zero-order valence-corrected chi connectivity index (χ0v) is 11.9. The molecule has 3 nitrogen and oxygen atoms in total. The summed E-state index contributed by atoms with van der Waals surface area (Å²) in [6.07, 6.45) is 0.749. The van der Waals surface area contributed by atoms with Crippen molar-refractivity contribution in [1.82, 2.24) is 10.2 Å². The Labute approximate surface area is 124 Å². The van der Waals surface area contributed by atoms with Gasteiger partial charge in [0.2, 0.25) is 0 Å². The number of rotatable bonds is 4. The van der Waals surface area contributed by atoms with Gasteiger partial charge >= 0.3 is 0 Å². The fourth-order valence-electron chi connectivity index (χ4n) is 2.21. The monoisotopic (exact) mass is 276 g/mol. The summed E-state index contributed by atoms with van der Waals surface area (Å²) in [7, 11) is 1.67. The Morgan fingerprint density at radius 2 is 1.71 bits per heavy atom. The molecular formula is C18H16N2O. The molecule has 0 aliphatic rings. The van der Waals surface area contributed by atoms with Gasteiger partial charge in [-0.15, -0.1) is 0 Å². The summed E-state index contributed by atoms with van der Waals surface area (Å²) >= 11 is 0. The molecule has 0 aliphatic carbocycles. The van der Waals surface area contributed by atoms with Gasteiger partial charge in [0.05, 0.1) is 18.5 Å². The van der Waals surface area contributed by atoms with Crippen LogP contribution in [-0.2, 0) is 6.42 Å². The van der Waals surface area contributed by atoms with E-state index >= 15 is 0 Å². The van der Waals surface area contributed by atoms with Gasteiger partial charge in [-0.2, -0.15) is 10.2 Å². The van der Waals surface area contributed by atoms with Crippen LogP contribution in [0.3, 0.4) is 0 Å². The van der Waals surface area contributed by atoms with Crippen LogP contribution in [0.25, 0.3) is 11.3 Å². The Balaban J connectivity index is 1.78. The zero-order chi connectivity index (χ0) is 14.5. The van der Waals surface area contributed by atoms with E-state index in [1.165, 1.54) is 0 Å². The quantitative estimate of drug-likeness (QED) is 0.728. The van der Waals surface area contributed by atoms with Gasteiger partial charge in [-0.05, 0) is 29.8 Å². The molecule has 21 heavy (non-hydrogen) atoms. The first-order chi connectivity index (χ1) is 10.3. The Kier molecular flexibility index (Phi) is 3.92. The fraction of sp³-hybridized carbons (Fsp3) is 0.111. The lowest BCUT2D eigenvalue weighted by molar-refractivity contribution is 0.414. The van der Waals surface area contributed by atoms with Crippen molar-refractivity contribution in [1.29, 1.82) is 0 Å². The number of aromatic nitrogens is 2. The molecular weight excluding hydrogens is 260 g/mol. The number of hydrogen-bond donors (Lipinski definition) is 0. The first-order valence-electron chi connectivity index (χ1n) is 6.86. The van der Waals surface area contributed by atoms with Crippen LogP contribution in [0, 0.1) is 0 Å². The normalized spacial score (nSPS) is 10.3. The highest BCUT2D eigenvalue weighted by molar-refractivity contribution is 5.58. The standard InChI is InChI=1S/C18H16N2O/c1-21-17-9-5-6-14(13-17)12-16-10-11-18(20-19-16)15-7-3-2-4-8-15/h2-11,13H,12H2,1H3. The maximum atomic E-state index is 5.23. The Bertz CT molecular complexity index is 709.